The number of carbonyl (C=O) groups is 2. The van der Waals surface area contributed by atoms with Gasteiger partial charge in [-0.05, 0) is 51.8 Å². The topological polar surface area (TPSA) is 73.5 Å². The molecule has 1 aromatic carbocycles. The van der Waals surface area contributed by atoms with Crippen LogP contribution in [0.15, 0.2) is 40.8 Å². The Morgan fingerprint density at radius 2 is 2.00 bits per heavy atom. The minimum absolute atomic E-state index is 0.321. The number of furan rings is 1. The van der Waals surface area contributed by atoms with E-state index in [9.17, 15) is 9.59 Å². The molecule has 0 bridgehead atoms. The number of hydrogen-bond acceptors (Lipinski definition) is 4. The van der Waals surface area contributed by atoms with Crippen molar-refractivity contribution in [2.24, 2.45) is 0 Å². The lowest BCUT2D eigenvalue weighted by Gasteiger charge is -2.12. The first kappa shape index (κ1) is 18.3. The lowest BCUT2D eigenvalue weighted by molar-refractivity contribution is -0.125. The van der Waals surface area contributed by atoms with Gasteiger partial charge in [-0.3, -0.25) is 4.79 Å². The Hall–Kier alpha value is -3.02. The molecule has 1 aliphatic rings. The fraction of sp³-hybridized carbons (Fsp3) is 0.364. The van der Waals surface area contributed by atoms with Crippen LogP contribution in [0.1, 0.15) is 59.4 Å². The monoisotopic (exact) mass is 380 g/mol. The van der Waals surface area contributed by atoms with Crippen LogP contribution in [0.5, 0.6) is 0 Å². The maximum absolute atomic E-state index is 12.4. The number of rotatable bonds is 6. The smallest absolute Gasteiger partial charge is 0.340 e. The highest BCUT2D eigenvalue weighted by molar-refractivity contribution is 5.92. The van der Waals surface area contributed by atoms with Gasteiger partial charge in [-0.2, -0.15) is 0 Å². The molecule has 1 amide bonds. The number of aromatic nitrogens is 1. The quantitative estimate of drug-likeness (QED) is 0.650. The first-order chi connectivity index (χ1) is 13.4. The van der Waals surface area contributed by atoms with Crippen molar-refractivity contribution in [2.45, 2.75) is 45.7 Å². The van der Waals surface area contributed by atoms with E-state index in [4.69, 9.17) is 9.15 Å². The van der Waals surface area contributed by atoms with Crippen molar-refractivity contribution < 1.29 is 18.7 Å². The molecule has 4 rings (SSSR count). The number of carbonyl (C=O) groups excluding carboxylic acids is 2. The molecule has 2 heterocycles. The average Bonchev–Trinajstić information content (AvgIpc) is 3.32. The Morgan fingerprint density at radius 1 is 1.25 bits per heavy atom. The first-order valence-corrected chi connectivity index (χ1v) is 9.57. The van der Waals surface area contributed by atoms with Gasteiger partial charge in [0.25, 0.3) is 5.91 Å². The number of esters is 1. The number of benzene rings is 1. The van der Waals surface area contributed by atoms with Gasteiger partial charge < -0.3 is 19.0 Å². The van der Waals surface area contributed by atoms with Gasteiger partial charge in [0, 0.05) is 22.8 Å². The summed E-state index contributed by atoms with van der Waals surface area (Å²) in [4.78, 5) is 24.6. The summed E-state index contributed by atoms with van der Waals surface area (Å²) in [5.41, 5.74) is 3.26. The Labute approximate surface area is 163 Å². The normalized spacial score (nSPS) is 14.8. The molecule has 0 aliphatic heterocycles. The van der Waals surface area contributed by atoms with Crippen molar-refractivity contribution in [3.8, 4) is 0 Å². The zero-order valence-electron chi connectivity index (χ0n) is 16.3. The third-order valence-electron chi connectivity index (χ3n) is 5.20. The Morgan fingerprint density at radius 3 is 2.71 bits per heavy atom. The van der Waals surface area contributed by atoms with Gasteiger partial charge in [0.2, 0.25) is 0 Å². The van der Waals surface area contributed by atoms with E-state index in [-0.39, 0.29) is 18.6 Å². The van der Waals surface area contributed by atoms with Crippen molar-refractivity contribution in [3.05, 3.63) is 59.1 Å². The summed E-state index contributed by atoms with van der Waals surface area (Å²) in [5, 5.41) is 3.79. The molecule has 0 unspecified atom stereocenters. The molecular weight excluding hydrogens is 356 g/mol. The van der Waals surface area contributed by atoms with E-state index in [0.29, 0.717) is 17.4 Å². The number of aryl methyl sites for hydroxylation is 1. The van der Waals surface area contributed by atoms with Gasteiger partial charge in [0.15, 0.2) is 6.61 Å². The van der Waals surface area contributed by atoms with Crippen LogP contribution in [0.2, 0.25) is 0 Å². The maximum Gasteiger partial charge on any atom is 0.340 e. The lowest BCUT2D eigenvalue weighted by atomic mass is 10.2. The second-order valence-electron chi connectivity index (χ2n) is 7.44. The molecule has 6 nitrogen and oxygen atoms in total. The summed E-state index contributed by atoms with van der Waals surface area (Å²) >= 11 is 0. The van der Waals surface area contributed by atoms with E-state index < -0.39 is 5.97 Å². The van der Waals surface area contributed by atoms with Gasteiger partial charge in [-0.25, -0.2) is 4.79 Å². The standard InChI is InChI=1S/C22H24N2O4/c1-13-10-18(15(3)24(13)17-8-9-17)22(26)27-12-21(25)23-14(2)20-11-16-6-4-5-7-19(16)28-20/h4-7,10-11,14,17H,8-9,12H2,1-3H3,(H,23,25)/t14-/m0/s1. The van der Waals surface area contributed by atoms with Gasteiger partial charge in [-0.15, -0.1) is 0 Å². The summed E-state index contributed by atoms with van der Waals surface area (Å²) in [6, 6.07) is 11.6. The third-order valence-corrected chi connectivity index (χ3v) is 5.20. The molecule has 0 saturated heterocycles. The second-order valence-corrected chi connectivity index (χ2v) is 7.44. The molecule has 1 atom stereocenters. The van der Waals surface area contributed by atoms with E-state index in [2.05, 4.69) is 9.88 Å². The van der Waals surface area contributed by atoms with E-state index in [1.807, 2.05) is 57.2 Å². The number of para-hydroxylation sites is 1. The number of fused-ring (bicyclic) bond motifs is 1. The molecule has 3 aromatic rings. The van der Waals surface area contributed by atoms with Gasteiger partial charge >= 0.3 is 5.97 Å². The number of ether oxygens (including phenoxy) is 1. The zero-order valence-corrected chi connectivity index (χ0v) is 16.3. The molecule has 1 fully saturated rings. The van der Waals surface area contributed by atoms with Gasteiger partial charge in [-0.1, -0.05) is 18.2 Å². The van der Waals surface area contributed by atoms with E-state index in [0.717, 1.165) is 35.2 Å². The number of nitrogens with one attached hydrogen (secondary N) is 1. The van der Waals surface area contributed by atoms with E-state index in [1.54, 1.807) is 0 Å². The van der Waals surface area contributed by atoms with Gasteiger partial charge in [0.1, 0.15) is 11.3 Å². The number of nitrogens with zero attached hydrogens (tertiary/aromatic N) is 1. The third kappa shape index (κ3) is 3.54. The average molecular weight is 380 g/mol. The van der Waals surface area contributed by atoms with Crippen LogP contribution in [0.25, 0.3) is 11.0 Å². The van der Waals surface area contributed by atoms with Crippen molar-refractivity contribution in [3.63, 3.8) is 0 Å². The summed E-state index contributed by atoms with van der Waals surface area (Å²) in [7, 11) is 0. The van der Waals surface area contributed by atoms with Crippen molar-refractivity contribution >= 4 is 22.8 Å². The first-order valence-electron chi connectivity index (χ1n) is 9.57. The molecule has 146 valence electrons. The number of hydrogen-bond donors (Lipinski definition) is 1. The highest BCUT2D eigenvalue weighted by atomic mass is 16.5. The van der Waals surface area contributed by atoms with Crippen molar-refractivity contribution in [2.75, 3.05) is 6.61 Å². The van der Waals surface area contributed by atoms with Crippen LogP contribution in [0.4, 0.5) is 0 Å². The van der Waals surface area contributed by atoms with Crippen LogP contribution in [-0.4, -0.2) is 23.1 Å². The molecule has 1 aliphatic carbocycles. The molecule has 2 aromatic heterocycles. The largest absolute Gasteiger partial charge is 0.459 e. The fourth-order valence-electron chi connectivity index (χ4n) is 3.66. The van der Waals surface area contributed by atoms with Crippen LogP contribution < -0.4 is 5.32 Å². The van der Waals surface area contributed by atoms with Crippen LogP contribution in [0, 0.1) is 13.8 Å². The van der Waals surface area contributed by atoms with Crippen LogP contribution in [-0.2, 0) is 9.53 Å². The van der Waals surface area contributed by atoms with Crippen molar-refractivity contribution in [1.29, 1.82) is 0 Å². The van der Waals surface area contributed by atoms with E-state index >= 15 is 0 Å². The summed E-state index contributed by atoms with van der Waals surface area (Å²) in [6.45, 7) is 5.42. The second kappa shape index (κ2) is 7.19. The predicted molar refractivity (Wildman–Crippen MR) is 105 cm³/mol. The molecule has 0 radical (unpaired) electrons. The zero-order chi connectivity index (χ0) is 19.8. The summed E-state index contributed by atoms with van der Waals surface area (Å²) in [5.74, 6) is -0.169. The molecular formula is C22H24N2O4. The van der Waals surface area contributed by atoms with E-state index in [1.165, 1.54) is 0 Å². The molecule has 6 heteroatoms. The van der Waals surface area contributed by atoms with Crippen LogP contribution >= 0.6 is 0 Å². The Bertz CT molecular complexity index is 1010. The van der Waals surface area contributed by atoms with Crippen LogP contribution in [0.3, 0.4) is 0 Å². The number of amides is 1. The fourth-order valence-corrected chi connectivity index (χ4v) is 3.66. The highest BCUT2D eigenvalue weighted by Crippen LogP contribution is 2.38. The SMILES string of the molecule is Cc1cc(C(=O)OCC(=O)N[C@@H](C)c2cc3ccccc3o2)c(C)n1C1CC1. The minimum Gasteiger partial charge on any atom is -0.459 e. The Kier molecular flexibility index (Phi) is 4.71. The van der Waals surface area contributed by atoms with Crippen molar-refractivity contribution in [1.82, 2.24) is 9.88 Å². The lowest BCUT2D eigenvalue weighted by Crippen LogP contribution is -2.31. The van der Waals surface area contributed by atoms with Gasteiger partial charge in [0.05, 0.1) is 11.6 Å². The molecule has 0 spiro atoms. The molecule has 28 heavy (non-hydrogen) atoms. The summed E-state index contributed by atoms with van der Waals surface area (Å²) < 4.78 is 13.2. The Balaban J connectivity index is 1.35. The highest BCUT2D eigenvalue weighted by Gasteiger charge is 2.29. The maximum atomic E-state index is 12.4. The molecule has 1 saturated carbocycles. The molecule has 1 N–H and O–H groups in total. The summed E-state index contributed by atoms with van der Waals surface area (Å²) in [6.07, 6.45) is 2.29. The predicted octanol–water partition coefficient (Wildman–Crippen LogP) is 4.22. The minimum atomic E-state index is -0.466.